The van der Waals surface area contributed by atoms with Crippen molar-refractivity contribution in [2.24, 2.45) is 7.05 Å². The third-order valence-corrected chi connectivity index (χ3v) is 3.18. The van der Waals surface area contributed by atoms with Gasteiger partial charge in [-0.1, -0.05) is 0 Å². The lowest BCUT2D eigenvalue weighted by molar-refractivity contribution is 0.417. The number of aryl methyl sites for hydroxylation is 1. The molecule has 0 radical (unpaired) electrons. The summed E-state index contributed by atoms with van der Waals surface area (Å²) in [7, 11) is -1.31. The lowest BCUT2D eigenvalue weighted by Crippen LogP contribution is -2.49. The molecule has 0 fully saturated rings. The van der Waals surface area contributed by atoms with Crippen molar-refractivity contribution < 1.29 is 8.42 Å². The third kappa shape index (κ3) is 5.29. The van der Waals surface area contributed by atoms with E-state index < -0.39 is 15.6 Å². The third-order valence-electron chi connectivity index (χ3n) is 2.26. The number of hydrogen-bond donors (Lipinski definition) is 2. The number of nitrogens with zero attached hydrogens (tertiary/aromatic N) is 2. The van der Waals surface area contributed by atoms with E-state index in [1.54, 1.807) is 10.9 Å². The van der Waals surface area contributed by atoms with Gasteiger partial charge < -0.3 is 5.32 Å². The standard InChI is InChI=1S/C10H20N4O2S/c1-10(2,13-17(4,15)16)8-11-7-9-5-6-12-14(9)3/h5-6,11,13H,7-8H2,1-4H3. The Kier molecular flexibility index (Phi) is 4.29. The molecule has 1 heterocycles. The first kappa shape index (κ1) is 14.1. The number of sulfonamides is 1. The van der Waals surface area contributed by atoms with Crippen molar-refractivity contribution in [3.05, 3.63) is 18.0 Å². The van der Waals surface area contributed by atoms with E-state index in [9.17, 15) is 8.42 Å². The molecule has 0 aromatic carbocycles. The van der Waals surface area contributed by atoms with Crippen molar-refractivity contribution in [2.45, 2.75) is 25.9 Å². The second-order valence-electron chi connectivity index (χ2n) is 4.81. The highest BCUT2D eigenvalue weighted by Crippen LogP contribution is 2.03. The molecule has 17 heavy (non-hydrogen) atoms. The molecule has 0 bridgehead atoms. The average Bonchev–Trinajstić information content (AvgIpc) is 2.47. The fraction of sp³-hybridized carbons (Fsp3) is 0.700. The van der Waals surface area contributed by atoms with Gasteiger partial charge in [0.25, 0.3) is 0 Å². The van der Waals surface area contributed by atoms with Crippen molar-refractivity contribution in [1.82, 2.24) is 19.8 Å². The van der Waals surface area contributed by atoms with Crippen LogP contribution in [-0.2, 0) is 23.6 Å². The highest BCUT2D eigenvalue weighted by molar-refractivity contribution is 7.88. The summed E-state index contributed by atoms with van der Waals surface area (Å²) in [5.41, 5.74) is 0.548. The predicted molar refractivity (Wildman–Crippen MR) is 67.0 cm³/mol. The largest absolute Gasteiger partial charge is 0.309 e. The Morgan fingerprint density at radius 1 is 1.47 bits per heavy atom. The van der Waals surface area contributed by atoms with Crippen LogP contribution >= 0.6 is 0 Å². The highest BCUT2D eigenvalue weighted by atomic mass is 32.2. The van der Waals surface area contributed by atoms with E-state index in [-0.39, 0.29) is 0 Å². The second-order valence-corrected chi connectivity index (χ2v) is 6.56. The van der Waals surface area contributed by atoms with Crippen LogP contribution in [0.5, 0.6) is 0 Å². The first-order valence-electron chi connectivity index (χ1n) is 5.36. The van der Waals surface area contributed by atoms with Crippen molar-refractivity contribution in [3.63, 3.8) is 0 Å². The number of nitrogens with one attached hydrogen (secondary N) is 2. The van der Waals surface area contributed by atoms with Gasteiger partial charge in [-0.3, -0.25) is 4.68 Å². The van der Waals surface area contributed by atoms with E-state index in [0.717, 1.165) is 11.9 Å². The molecule has 1 aromatic heterocycles. The first-order chi connectivity index (χ1) is 7.70. The molecule has 0 aliphatic heterocycles. The Morgan fingerprint density at radius 3 is 2.59 bits per heavy atom. The van der Waals surface area contributed by atoms with Gasteiger partial charge in [-0.2, -0.15) is 5.10 Å². The fourth-order valence-corrected chi connectivity index (χ4v) is 2.69. The molecule has 98 valence electrons. The van der Waals surface area contributed by atoms with Crippen LogP contribution in [0.15, 0.2) is 12.3 Å². The zero-order valence-electron chi connectivity index (χ0n) is 10.7. The maximum Gasteiger partial charge on any atom is 0.209 e. The van der Waals surface area contributed by atoms with Crippen LogP contribution in [0.1, 0.15) is 19.5 Å². The topological polar surface area (TPSA) is 76.0 Å². The van der Waals surface area contributed by atoms with Gasteiger partial charge >= 0.3 is 0 Å². The summed E-state index contributed by atoms with van der Waals surface area (Å²) in [6.45, 7) is 4.88. The van der Waals surface area contributed by atoms with E-state index in [1.165, 1.54) is 0 Å². The average molecular weight is 260 g/mol. The summed E-state index contributed by atoms with van der Waals surface area (Å²) in [6.07, 6.45) is 2.90. The fourth-order valence-electron chi connectivity index (χ4n) is 1.62. The molecule has 6 nitrogen and oxygen atoms in total. The molecule has 0 saturated heterocycles. The normalized spacial score (nSPS) is 12.9. The molecule has 0 aliphatic carbocycles. The van der Waals surface area contributed by atoms with E-state index in [0.29, 0.717) is 13.1 Å². The smallest absolute Gasteiger partial charge is 0.209 e. The van der Waals surface area contributed by atoms with Gasteiger partial charge in [0.05, 0.1) is 11.9 Å². The lowest BCUT2D eigenvalue weighted by atomic mass is 10.1. The minimum Gasteiger partial charge on any atom is -0.309 e. The summed E-state index contributed by atoms with van der Waals surface area (Å²) in [5.74, 6) is 0. The van der Waals surface area contributed by atoms with Crippen LogP contribution in [-0.4, -0.2) is 36.5 Å². The molecule has 7 heteroatoms. The SMILES string of the molecule is Cn1nccc1CNCC(C)(C)NS(C)(=O)=O. The van der Waals surface area contributed by atoms with Gasteiger partial charge in [0.15, 0.2) is 0 Å². The molecular formula is C10H20N4O2S. The Morgan fingerprint density at radius 2 is 2.12 bits per heavy atom. The first-order valence-corrected chi connectivity index (χ1v) is 7.25. The van der Waals surface area contributed by atoms with Crippen molar-refractivity contribution >= 4 is 10.0 Å². The quantitative estimate of drug-likeness (QED) is 0.745. The Bertz CT molecular complexity index is 464. The molecule has 0 aliphatic rings. The molecule has 1 rings (SSSR count). The molecule has 1 aromatic rings. The van der Waals surface area contributed by atoms with Gasteiger partial charge in [0.1, 0.15) is 0 Å². The Hall–Kier alpha value is -0.920. The molecule has 0 unspecified atom stereocenters. The van der Waals surface area contributed by atoms with E-state index in [2.05, 4.69) is 15.1 Å². The predicted octanol–water partition coefficient (Wildman–Crippen LogP) is -0.162. The molecule has 0 atom stereocenters. The maximum absolute atomic E-state index is 11.1. The second kappa shape index (κ2) is 5.16. The Balaban J connectivity index is 2.43. The number of rotatable bonds is 6. The summed E-state index contributed by atoms with van der Waals surface area (Å²) in [5, 5.41) is 7.26. The van der Waals surface area contributed by atoms with E-state index in [1.807, 2.05) is 27.0 Å². The molecule has 0 saturated carbocycles. The van der Waals surface area contributed by atoms with Crippen LogP contribution in [0.3, 0.4) is 0 Å². The van der Waals surface area contributed by atoms with Gasteiger partial charge in [-0.25, -0.2) is 13.1 Å². The van der Waals surface area contributed by atoms with Crippen LogP contribution in [0, 0.1) is 0 Å². The van der Waals surface area contributed by atoms with E-state index in [4.69, 9.17) is 0 Å². The number of hydrogen-bond acceptors (Lipinski definition) is 4. The van der Waals surface area contributed by atoms with Crippen molar-refractivity contribution in [1.29, 1.82) is 0 Å². The Labute approximate surface area is 102 Å². The number of aromatic nitrogens is 2. The van der Waals surface area contributed by atoms with Crippen LogP contribution in [0.2, 0.25) is 0 Å². The zero-order chi connectivity index (χ0) is 13.1. The van der Waals surface area contributed by atoms with Gasteiger partial charge in [-0.15, -0.1) is 0 Å². The van der Waals surface area contributed by atoms with Gasteiger partial charge in [0, 0.05) is 31.9 Å². The highest BCUT2D eigenvalue weighted by Gasteiger charge is 2.21. The zero-order valence-corrected chi connectivity index (χ0v) is 11.5. The lowest BCUT2D eigenvalue weighted by Gasteiger charge is -2.25. The molecule has 0 spiro atoms. The maximum atomic E-state index is 11.1. The van der Waals surface area contributed by atoms with Gasteiger partial charge in [0.2, 0.25) is 10.0 Å². The summed E-state index contributed by atoms with van der Waals surface area (Å²) in [6, 6.07) is 1.92. The van der Waals surface area contributed by atoms with Crippen LogP contribution in [0.4, 0.5) is 0 Å². The molecule has 0 amide bonds. The molecule has 2 N–H and O–H groups in total. The summed E-state index contributed by atoms with van der Waals surface area (Å²) < 4.78 is 26.6. The minimum atomic E-state index is -3.18. The summed E-state index contributed by atoms with van der Waals surface area (Å²) >= 11 is 0. The van der Waals surface area contributed by atoms with Crippen molar-refractivity contribution in [3.8, 4) is 0 Å². The molecular weight excluding hydrogens is 240 g/mol. The minimum absolute atomic E-state index is 0.508. The van der Waals surface area contributed by atoms with Crippen LogP contribution in [0.25, 0.3) is 0 Å². The van der Waals surface area contributed by atoms with Crippen molar-refractivity contribution in [2.75, 3.05) is 12.8 Å². The summed E-state index contributed by atoms with van der Waals surface area (Å²) in [4.78, 5) is 0. The van der Waals surface area contributed by atoms with E-state index >= 15 is 0 Å². The van der Waals surface area contributed by atoms with Gasteiger partial charge in [-0.05, 0) is 19.9 Å². The van der Waals surface area contributed by atoms with Crippen LogP contribution < -0.4 is 10.0 Å². The monoisotopic (exact) mass is 260 g/mol.